The van der Waals surface area contributed by atoms with Gasteiger partial charge in [-0.1, -0.05) is 18.2 Å². The van der Waals surface area contributed by atoms with Gasteiger partial charge in [0.15, 0.2) is 23.0 Å². The summed E-state index contributed by atoms with van der Waals surface area (Å²) in [6, 6.07) is 14.3. The third-order valence-corrected chi connectivity index (χ3v) is 5.13. The van der Waals surface area contributed by atoms with Crippen LogP contribution in [-0.2, 0) is 6.42 Å². The van der Waals surface area contributed by atoms with E-state index in [9.17, 15) is 25.5 Å². The van der Waals surface area contributed by atoms with Crippen molar-refractivity contribution in [2.24, 2.45) is 0 Å². The number of benzene rings is 3. The number of nitrogens with one attached hydrogen (secondary N) is 1. The van der Waals surface area contributed by atoms with Gasteiger partial charge in [-0.25, -0.2) is 0 Å². The number of phenols is 5. The summed E-state index contributed by atoms with van der Waals surface area (Å²) in [6.07, 6.45) is 4.29. The molecule has 6 N–H and O–H groups in total. The van der Waals surface area contributed by atoms with Crippen LogP contribution in [0.1, 0.15) is 11.1 Å². The maximum atomic E-state index is 10.1. The second-order valence-corrected chi connectivity index (χ2v) is 7.18. The Kier molecular flexibility index (Phi) is 5.09. The average Bonchev–Trinajstić information content (AvgIpc) is 3.03. The molecule has 0 fully saturated rings. The summed E-state index contributed by atoms with van der Waals surface area (Å²) < 4.78 is 1.88. The molecular weight excluding hydrogens is 396 g/mol. The maximum absolute atomic E-state index is 10.1. The lowest BCUT2D eigenvalue weighted by atomic mass is 10.1. The van der Waals surface area contributed by atoms with Crippen molar-refractivity contribution in [3.63, 3.8) is 0 Å². The van der Waals surface area contributed by atoms with Gasteiger partial charge in [0, 0.05) is 17.7 Å². The molecule has 0 amide bonds. The highest BCUT2D eigenvalue weighted by Crippen LogP contribution is 2.26. The van der Waals surface area contributed by atoms with Crippen LogP contribution in [0, 0.1) is 0 Å². The van der Waals surface area contributed by atoms with E-state index in [2.05, 4.69) is 5.43 Å². The molecule has 0 unspecified atom stereocenters. The van der Waals surface area contributed by atoms with E-state index < -0.39 is 0 Å². The predicted octanol–water partition coefficient (Wildman–Crippen LogP) is 2.19. The highest BCUT2D eigenvalue weighted by atomic mass is 16.3. The first-order valence-corrected chi connectivity index (χ1v) is 9.63. The van der Waals surface area contributed by atoms with Crippen molar-refractivity contribution in [3.8, 4) is 28.7 Å². The Bertz CT molecular complexity index is 1410. The van der Waals surface area contributed by atoms with Gasteiger partial charge < -0.3 is 31.0 Å². The fourth-order valence-corrected chi connectivity index (χ4v) is 3.62. The van der Waals surface area contributed by atoms with Gasteiger partial charge in [-0.05, 0) is 66.1 Å². The second kappa shape index (κ2) is 7.87. The summed E-state index contributed by atoms with van der Waals surface area (Å²) in [5, 5.41) is 51.3. The van der Waals surface area contributed by atoms with Gasteiger partial charge in [-0.3, -0.25) is 4.68 Å². The third-order valence-electron chi connectivity index (χ3n) is 5.13. The molecule has 7 heteroatoms. The zero-order valence-corrected chi connectivity index (χ0v) is 16.7. The summed E-state index contributed by atoms with van der Waals surface area (Å²) in [5.41, 5.74) is 5.47. The first-order valence-electron chi connectivity index (χ1n) is 9.63. The molecule has 0 bridgehead atoms. The van der Waals surface area contributed by atoms with E-state index in [0.717, 1.165) is 27.0 Å². The van der Waals surface area contributed by atoms with E-state index in [1.54, 1.807) is 37.4 Å². The predicted molar refractivity (Wildman–Crippen MR) is 119 cm³/mol. The van der Waals surface area contributed by atoms with E-state index >= 15 is 0 Å². The van der Waals surface area contributed by atoms with Gasteiger partial charge in [0.05, 0.1) is 10.9 Å². The van der Waals surface area contributed by atoms with Crippen LogP contribution in [-0.4, -0.2) is 37.3 Å². The van der Waals surface area contributed by atoms with Crippen LogP contribution >= 0.6 is 0 Å². The largest absolute Gasteiger partial charge is 0.508 e. The summed E-state index contributed by atoms with van der Waals surface area (Å²) in [4.78, 5) is 0. The van der Waals surface area contributed by atoms with Crippen molar-refractivity contribution >= 4 is 23.1 Å². The van der Waals surface area contributed by atoms with Crippen molar-refractivity contribution < 1.29 is 25.5 Å². The molecule has 1 heterocycles. The molecule has 0 aliphatic heterocycles. The summed E-state index contributed by atoms with van der Waals surface area (Å²) in [5.74, 6) is -0.662. The average molecular weight is 418 g/mol. The third kappa shape index (κ3) is 3.81. The van der Waals surface area contributed by atoms with Crippen molar-refractivity contribution in [2.75, 3.05) is 12.5 Å². The number of hydrogen-bond acceptors (Lipinski definition) is 6. The van der Waals surface area contributed by atoms with Crippen LogP contribution in [0.25, 0.3) is 23.1 Å². The molecular formula is C24H22N2O5. The Hall–Kier alpha value is -4.26. The van der Waals surface area contributed by atoms with E-state index in [1.165, 1.54) is 24.3 Å². The fraction of sp³-hybridized carbons (Fsp3) is 0.0833. The molecule has 1 aromatic heterocycles. The molecule has 0 aliphatic carbocycles. The number of hydrogen-bond donors (Lipinski definition) is 6. The van der Waals surface area contributed by atoms with E-state index in [1.807, 2.05) is 16.8 Å². The van der Waals surface area contributed by atoms with Crippen LogP contribution in [0.3, 0.4) is 0 Å². The number of nitrogens with zero attached hydrogens (tertiary/aromatic N) is 1. The van der Waals surface area contributed by atoms with Gasteiger partial charge in [-0.2, -0.15) is 0 Å². The minimum atomic E-state index is -0.223. The Labute approximate surface area is 177 Å². The molecule has 0 spiro atoms. The summed E-state index contributed by atoms with van der Waals surface area (Å²) >= 11 is 0. The lowest BCUT2D eigenvalue weighted by molar-refractivity contribution is 0.403. The van der Waals surface area contributed by atoms with Gasteiger partial charge in [0.1, 0.15) is 5.75 Å². The quantitative estimate of drug-likeness (QED) is 0.283. The van der Waals surface area contributed by atoms with E-state index in [-0.39, 0.29) is 28.7 Å². The van der Waals surface area contributed by atoms with Crippen LogP contribution in [0.2, 0.25) is 0 Å². The Morgan fingerprint density at radius 1 is 0.806 bits per heavy atom. The van der Waals surface area contributed by atoms with E-state index in [4.69, 9.17) is 0 Å². The van der Waals surface area contributed by atoms with Crippen molar-refractivity contribution in [2.45, 2.75) is 6.42 Å². The first kappa shape index (κ1) is 20.0. The monoisotopic (exact) mass is 418 g/mol. The maximum Gasteiger partial charge on any atom is 0.157 e. The number of aromatic hydroxyl groups is 5. The Morgan fingerprint density at radius 3 is 2.19 bits per heavy atom. The summed E-state index contributed by atoms with van der Waals surface area (Å²) in [7, 11) is 1.78. The zero-order valence-electron chi connectivity index (χ0n) is 16.7. The van der Waals surface area contributed by atoms with Gasteiger partial charge in [0.2, 0.25) is 0 Å². The van der Waals surface area contributed by atoms with Gasteiger partial charge in [0.25, 0.3) is 0 Å². The van der Waals surface area contributed by atoms with Crippen molar-refractivity contribution in [1.82, 2.24) is 4.68 Å². The summed E-state index contributed by atoms with van der Waals surface area (Å²) in [6.45, 7) is 0. The fourth-order valence-electron chi connectivity index (χ4n) is 3.62. The van der Waals surface area contributed by atoms with E-state index in [0.29, 0.717) is 12.0 Å². The lowest BCUT2D eigenvalue weighted by Crippen LogP contribution is -2.33. The molecule has 158 valence electrons. The SMILES string of the molecule is CNn1c(=C\Cc2ccc(O)c(O)c2)/c(=C\c2ccc(O)c(O)c2)c2cc(O)ccc21. The Morgan fingerprint density at radius 2 is 1.52 bits per heavy atom. The number of fused-ring (bicyclic) bond motifs is 1. The van der Waals surface area contributed by atoms with Crippen molar-refractivity contribution in [1.29, 1.82) is 0 Å². The van der Waals surface area contributed by atoms with Crippen LogP contribution in [0.4, 0.5) is 0 Å². The molecule has 7 nitrogen and oxygen atoms in total. The van der Waals surface area contributed by atoms with Crippen LogP contribution in [0.5, 0.6) is 28.7 Å². The highest BCUT2D eigenvalue weighted by molar-refractivity contribution is 5.85. The minimum absolute atomic E-state index is 0.124. The molecule has 0 saturated heterocycles. The standard InChI is InChI=1S/C24H22N2O5/c1-25-26-19(6-2-14-3-8-21(28)23(30)11-14)17(18-13-16(27)5-7-20(18)26)10-15-4-9-22(29)24(31)12-15/h3-13,25,27-31H,2H2,1H3/b17-10-,19-6-. The molecule has 4 rings (SSSR count). The molecule has 0 aliphatic rings. The first-order chi connectivity index (χ1) is 14.9. The number of rotatable bonds is 4. The van der Waals surface area contributed by atoms with Crippen molar-refractivity contribution in [3.05, 3.63) is 76.3 Å². The second-order valence-electron chi connectivity index (χ2n) is 7.18. The minimum Gasteiger partial charge on any atom is -0.508 e. The smallest absolute Gasteiger partial charge is 0.157 e. The zero-order chi connectivity index (χ0) is 22.1. The molecule has 0 atom stereocenters. The number of phenolic OH excluding ortho intramolecular Hbond substituents is 5. The molecule has 0 radical (unpaired) electrons. The van der Waals surface area contributed by atoms with Gasteiger partial charge in [-0.15, -0.1) is 0 Å². The van der Waals surface area contributed by atoms with Crippen LogP contribution < -0.4 is 16.0 Å². The molecule has 4 aromatic rings. The molecule has 31 heavy (non-hydrogen) atoms. The topological polar surface area (TPSA) is 118 Å². The van der Waals surface area contributed by atoms with Crippen LogP contribution in [0.15, 0.2) is 54.6 Å². The lowest BCUT2D eigenvalue weighted by Gasteiger charge is -2.05. The van der Waals surface area contributed by atoms with Gasteiger partial charge >= 0.3 is 0 Å². The molecule has 3 aromatic carbocycles. The molecule has 0 saturated carbocycles. The Balaban J connectivity index is 1.98. The number of aromatic nitrogens is 1. The normalized spacial score (nSPS) is 12.5. The highest BCUT2D eigenvalue weighted by Gasteiger charge is 2.09.